The van der Waals surface area contributed by atoms with Crippen LogP contribution >= 0.6 is 15.9 Å². The Balaban J connectivity index is 1.18. The third kappa shape index (κ3) is 4.85. The average molecular weight is 765 g/mol. The molecule has 0 aliphatic heterocycles. The van der Waals surface area contributed by atoms with Crippen molar-refractivity contribution in [3.05, 3.63) is 233 Å². The van der Waals surface area contributed by atoms with Gasteiger partial charge in [-0.15, -0.1) is 0 Å². The van der Waals surface area contributed by atoms with Gasteiger partial charge in [0.15, 0.2) is 0 Å². The number of aromatic nitrogens is 1. The Morgan fingerprint density at radius 2 is 0.927 bits per heavy atom. The van der Waals surface area contributed by atoms with Crippen molar-refractivity contribution >= 4 is 48.5 Å². The number of benzene rings is 9. The monoisotopic (exact) mass is 763 g/mol. The molecule has 1 aliphatic carbocycles. The first-order valence-electron chi connectivity index (χ1n) is 18.9. The first-order chi connectivity index (χ1) is 27.2. The SMILES string of the molecule is Brc1ccccc1-c1ccc(-c2ccc3c4cc5ccccc5cc4n(-c4ccc5c(c4)C(c4ccccc4)(c4ccccc4)c4ccccc4-5)c3c2)cc1. The van der Waals surface area contributed by atoms with Gasteiger partial charge in [0, 0.05) is 20.9 Å². The molecule has 0 saturated heterocycles. The fourth-order valence-corrected chi connectivity index (χ4v) is 9.78. The largest absolute Gasteiger partial charge is 0.309 e. The van der Waals surface area contributed by atoms with E-state index in [2.05, 4.69) is 227 Å². The van der Waals surface area contributed by atoms with Gasteiger partial charge in [-0.05, 0) is 103 Å². The topological polar surface area (TPSA) is 4.93 Å². The summed E-state index contributed by atoms with van der Waals surface area (Å²) in [6.07, 6.45) is 0. The van der Waals surface area contributed by atoms with E-state index in [4.69, 9.17) is 0 Å². The van der Waals surface area contributed by atoms with Crippen LogP contribution in [-0.4, -0.2) is 4.57 Å². The van der Waals surface area contributed by atoms with E-state index in [1.807, 2.05) is 0 Å². The van der Waals surface area contributed by atoms with Crippen molar-refractivity contribution in [3.8, 4) is 39.1 Å². The highest BCUT2D eigenvalue weighted by Crippen LogP contribution is 2.56. The van der Waals surface area contributed by atoms with Gasteiger partial charge in [0.2, 0.25) is 0 Å². The second-order valence-corrected chi connectivity index (χ2v) is 15.5. The van der Waals surface area contributed by atoms with Crippen LogP contribution in [0.15, 0.2) is 211 Å². The third-order valence-electron chi connectivity index (χ3n) is 11.7. The normalized spacial score (nSPS) is 13.0. The Labute approximate surface area is 328 Å². The van der Waals surface area contributed by atoms with Crippen LogP contribution in [0, 0.1) is 0 Å². The highest BCUT2D eigenvalue weighted by atomic mass is 79.9. The van der Waals surface area contributed by atoms with Gasteiger partial charge in [-0.3, -0.25) is 0 Å². The van der Waals surface area contributed by atoms with Crippen LogP contribution in [-0.2, 0) is 5.41 Å². The second-order valence-electron chi connectivity index (χ2n) is 14.6. The van der Waals surface area contributed by atoms with E-state index in [0.717, 1.165) is 10.2 Å². The fraction of sp³-hybridized carbons (Fsp3) is 0.0189. The van der Waals surface area contributed by atoms with Crippen molar-refractivity contribution in [1.29, 1.82) is 0 Å². The minimum atomic E-state index is -0.476. The van der Waals surface area contributed by atoms with E-state index in [1.165, 1.54) is 88.2 Å². The van der Waals surface area contributed by atoms with Gasteiger partial charge in [0.1, 0.15) is 0 Å². The molecule has 55 heavy (non-hydrogen) atoms. The molecule has 0 N–H and O–H groups in total. The molecule has 0 radical (unpaired) electrons. The van der Waals surface area contributed by atoms with Gasteiger partial charge in [0.25, 0.3) is 0 Å². The minimum absolute atomic E-state index is 0.476. The maximum absolute atomic E-state index is 3.74. The Morgan fingerprint density at radius 1 is 0.364 bits per heavy atom. The second kappa shape index (κ2) is 12.6. The van der Waals surface area contributed by atoms with Gasteiger partial charge in [-0.25, -0.2) is 0 Å². The predicted molar refractivity (Wildman–Crippen MR) is 234 cm³/mol. The molecule has 258 valence electrons. The molecule has 0 unspecified atom stereocenters. The Kier molecular flexibility index (Phi) is 7.30. The smallest absolute Gasteiger partial charge is 0.0714 e. The summed E-state index contributed by atoms with van der Waals surface area (Å²) in [5, 5.41) is 4.98. The first-order valence-corrected chi connectivity index (χ1v) is 19.7. The average Bonchev–Trinajstić information content (AvgIpc) is 3.73. The quantitative estimate of drug-likeness (QED) is 0.164. The van der Waals surface area contributed by atoms with E-state index < -0.39 is 5.41 Å². The lowest BCUT2D eigenvalue weighted by atomic mass is 9.67. The summed E-state index contributed by atoms with van der Waals surface area (Å²) in [5.74, 6) is 0. The molecule has 9 aromatic carbocycles. The van der Waals surface area contributed by atoms with Crippen LogP contribution in [0.4, 0.5) is 0 Å². The number of rotatable bonds is 5. The summed E-state index contributed by atoms with van der Waals surface area (Å²) in [5.41, 5.74) is 15.6. The number of hydrogen-bond acceptors (Lipinski definition) is 0. The van der Waals surface area contributed by atoms with E-state index in [-0.39, 0.29) is 0 Å². The van der Waals surface area contributed by atoms with Crippen LogP contribution in [0.2, 0.25) is 0 Å². The first kappa shape index (κ1) is 32.0. The van der Waals surface area contributed by atoms with Crippen molar-refractivity contribution in [2.24, 2.45) is 0 Å². The van der Waals surface area contributed by atoms with E-state index in [9.17, 15) is 0 Å². The van der Waals surface area contributed by atoms with Gasteiger partial charge < -0.3 is 4.57 Å². The summed E-state index contributed by atoms with van der Waals surface area (Å²) < 4.78 is 3.60. The molecule has 10 aromatic rings. The van der Waals surface area contributed by atoms with Gasteiger partial charge in [0.05, 0.1) is 16.4 Å². The van der Waals surface area contributed by atoms with Crippen LogP contribution in [0.3, 0.4) is 0 Å². The summed E-state index contributed by atoms with van der Waals surface area (Å²) >= 11 is 3.74. The van der Waals surface area contributed by atoms with Crippen LogP contribution < -0.4 is 0 Å². The van der Waals surface area contributed by atoms with Crippen molar-refractivity contribution < 1.29 is 0 Å². The van der Waals surface area contributed by atoms with Crippen molar-refractivity contribution in [2.45, 2.75) is 5.41 Å². The summed E-state index contributed by atoms with van der Waals surface area (Å²) in [7, 11) is 0. The number of nitrogens with zero attached hydrogens (tertiary/aromatic N) is 1. The minimum Gasteiger partial charge on any atom is -0.309 e. The third-order valence-corrected chi connectivity index (χ3v) is 12.4. The molecular weight excluding hydrogens is 730 g/mol. The van der Waals surface area contributed by atoms with Gasteiger partial charge in [-0.1, -0.05) is 186 Å². The van der Waals surface area contributed by atoms with Gasteiger partial charge in [-0.2, -0.15) is 0 Å². The molecule has 0 bridgehead atoms. The summed E-state index contributed by atoms with van der Waals surface area (Å²) in [6, 6.07) is 76.1. The molecule has 0 fully saturated rings. The maximum atomic E-state index is 3.74. The zero-order valence-corrected chi connectivity index (χ0v) is 31.5. The van der Waals surface area contributed by atoms with Crippen LogP contribution in [0.1, 0.15) is 22.3 Å². The predicted octanol–water partition coefficient (Wildman–Crippen LogP) is 14.4. The lowest BCUT2D eigenvalue weighted by Gasteiger charge is -2.34. The molecule has 2 heteroatoms. The highest BCUT2D eigenvalue weighted by molar-refractivity contribution is 9.10. The molecule has 0 amide bonds. The molecule has 0 saturated carbocycles. The molecule has 1 aliphatic rings. The molecule has 0 spiro atoms. The zero-order chi connectivity index (χ0) is 36.5. The van der Waals surface area contributed by atoms with Crippen molar-refractivity contribution in [2.75, 3.05) is 0 Å². The summed E-state index contributed by atoms with van der Waals surface area (Å²) in [6.45, 7) is 0. The zero-order valence-electron chi connectivity index (χ0n) is 30.0. The number of hydrogen-bond donors (Lipinski definition) is 0. The van der Waals surface area contributed by atoms with E-state index >= 15 is 0 Å². The van der Waals surface area contributed by atoms with Gasteiger partial charge >= 0.3 is 0 Å². The lowest BCUT2D eigenvalue weighted by Crippen LogP contribution is -2.28. The molecular formula is C53H34BrN. The highest BCUT2D eigenvalue weighted by Gasteiger charge is 2.46. The Bertz CT molecular complexity index is 3040. The molecule has 0 atom stereocenters. The van der Waals surface area contributed by atoms with Crippen molar-refractivity contribution in [3.63, 3.8) is 0 Å². The lowest BCUT2D eigenvalue weighted by molar-refractivity contribution is 0.767. The van der Waals surface area contributed by atoms with E-state index in [1.54, 1.807) is 0 Å². The van der Waals surface area contributed by atoms with Crippen LogP contribution in [0.5, 0.6) is 0 Å². The Hall–Kier alpha value is -6.48. The standard InChI is InChI=1S/C53H34BrN/c54-50-22-12-10-19-43(50)36-25-23-35(24-26-36)39-27-29-46-47-31-37-13-7-8-14-38(37)32-52(47)55(51(46)33-39)42-28-30-45-44-20-9-11-21-48(44)53(49(45)34-42,40-15-3-1-4-16-40)41-17-5-2-6-18-41/h1-34H. The Morgan fingerprint density at radius 3 is 1.65 bits per heavy atom. The van der Waals surface area contributed by atoms with Crippen molar-refractivity contribution in [1.82, 2.24) is 4.57 Å². The molecule has 1 nitrogen and oxygen atoms in total. The molecule has 11 rings (SSSR count). The number of halogens is 1. The number of fused-ring (bicyclic) bond motifs is 7. The fourth-order valence-electron chi connectivity index (χ4n) is 9.27. The maximum Gasteiger partial charge on any atom is 0.0714 e. The van der Waals surface area contributed by atoms with E-state index in [0.29, 0.717) is 0 Å². The summed E-state index contributed by atoms with van der Waals surface area (Å²) in [4.78, 5) is 0. The molecule has 1 aromatic heterocycles. The van der Waals surface area contributed by atoms with Crippen LogP contribution in [0.25, 0.3) is 71.6 Å². The molecule has 1 heterocycles.